The van der Waals surface area contributed by atoms with Crippen molar-refractivity contribution >= 4 is 11.8 Å². The van der Waals surface area contributed by atoms with Crippen molar-refractivity contribution < 1.29 is 24.5 Å². The summed E-state index contributed by atoms with van der Waals surface area (Å²) in [5.74, 6) is 5.67. The molecule has 2 aliphatic rings. The first-order chi connectivity index (χ1) is 18.2. The number of aliphatic hydroxyl groups is 2. The van der Waals surface area contributed by atoms with E-state index in [0.717, 1.165) is 18.4 Å². The van der Waals surface area contributed by atoms with Crippen LogP contribution in [0.5, 0.6) is 5.88 Å². The van der Waals surface area contributed by atoms with Crippen LogP contribution in [0.4, 0.5) is 0 Å². The van der Waals surface area contributed by atoms with Crippen LogP contribution in [0.3, 0.4) is 0 Å². The molecule has 8 heteroatoms. The zero-order valence-electron chi connectivity index (χ0n) is 22.4. The van der Waals surface area contributed by atoms with E-state index in [4.69, 9.17) is 4.74 Å². The Bertz CT molecular complexity index is 1200. The minimum Gasteiger partial charge on any atom is -0.472 e. The van der Waals surface area contributed by atoms with Gasteiger partial charge in [0.1, 0.15) is 17.3 Å². The average Bonchev–Trinajstić information content (AvgIpc) is 3.36. The van der Waals surface area contributed by atoms with Gasteiger partial charge in [0, 0.05) is 31.3 Å². The van der Waals surface area contributed by atoms with Crippen LogP contribution < -0.4 is 4.74 Å². The monoisotopic (exact) mass is 519 g/mol. The van der Waals surface area contributed by atoms with Crippen LogP contribution in [0, 0.1) is 17.8 Å². The summed E-state index contributed by atoms with van der Waals surface area (Å²) < 4.78 is 6.29. The Morgan fingerprint density at radius 3 is 2.68 bits per heavy atom. The van der Waals surface area contributed by atoms with E-state index >= 15 is 0 Å². The lowest BCUT2D eigenvalue weighted by molar-refractivity contribution is -0.130. The second-order valence-electron chi connectivity index (χ2n) is 10.6. The summed E-state index contributed by atoms with van der Waals surface area (Å²) >= 11 is 0. The predicted molar refractivity (Wildman–Crippen MR) is 143 cm³/mol. The Balaban J connectivity index is 1.60. The van der Waals surface area contributed by atoms with Gasteiger partial charge in [-0.2, -0.15) is 0 Å². The van der Waals surface area contributed by atoms with Gasteiger partial charge in [-0.1, -0.05) is 49.1 Å². The number of ether oxygens (including phenoxy) is 1. The second-order valence-corrected chi connectivity index (χ2v) is 10.6. The number of nitrogens with zero attached hydrogens (tertiary/aromatic N) is 3. The maximum absolute atomic E-state index is 13.6. The van der Waals surface area contributed by atoms with Gasteiger partial charge in [0.15, 0.2) is 0 Å². The Morgan fingerprint density at radius 2 is 2.00 bits per heavy atom. The molecule has 2 aromatic rings. The van der Waals surface area contributed by atoms with E-state index in [0.29, 0.717) is 31.5 Å². The van der Waals surface area contributed by atoms with Gasteiger partial charge in [-0.3, -0.25) is 9.59 Å². The van der Waals surface area contributed by atoms with Gasteiger partial charge in [0.05, 0.1) is 25.6 Å². The molecule has 2 amide bonds. The highest BCUT2D eigenvalue weighted by Gasteiger charge is 2.35. The molecule has 0 radical (unpaired) electrons. The van der Waals surface area contributed by atoms with Crippen molar-refractivity contribution in [2.24, 2.45) is 5.92 Å². The number of likely N-dealkylation sites (N-methyl/N-ethyl adjacent to an activating group) is 1. The maximum Gasteiger partial charge on any atom is 0.259 e. The number of pyridine rings is 1. The molecule has 0 spiro atoms. The third-order valence-electron chi connectivity index (χ3n) is 7.47. The highest BCUT2D eigenvalue weighted by molar-refractivity contribution is 5.97. The number of rotatable bonds is 6. The Hall–Kier alpha value is -3.41. The molecular weight excluding hydrogens is 482 g/mol. The van der Waals surface area contributed by atoms with Crippen LogP contribution in [-0.2, 0) is 11.2 Å². The van der Waals surface area contributed by atoms with Crippen molar-refractivity contribution in [3.05, 3.63) is 59.3 Å². The number of amides is 2. The number of fused-ring (bicyclic) bond motifs is 1. The molecule has 1 fully saturated rings. The standard InChI is InChI=1S/C30H37N3O5/c1-21-18-33(22(2)20-34)29(36)25-15-24(11-14-30(37)12-7-8-13-30)17-31-28(25)38-26(21)19-32(3)27(35)16-23-9-5-4-6-10-23/h4-6,9-10,15,17,21-22,26,34,37H,7-8,12-13,16,18-20H2,1-3H3/t21-,22+,26+/m1/s1. The quantitative estimate of drug-likeness (QED) is 0.569. The van der Waals surface area contributed by atoms with Crippen molar-refractivity contribution in [3.8, 4) is 17.7 Å². The summed E-state index contributed by atoms with van der Waals surface area (Å²) in [7, 11) is 1.75. The number of carbonyl (C=O) groups excluding carboxylic acids is 2. The molecule has 1 aromatic heterocycles. The highest BCUT2D eigenvalue weighted by atomic mass is 16.5. The zero-order valence-corrected chi connectivity index (χ0v) is 22.4. The van der Waals surface area contributed by atoms with Crippen LogP contribution in [0.15, 0.2) is 42.6 Å². The fourth-order valence-corrected chi connectivity index (χ4v) is 4.94. The summed E-state index contributed by atoms with van der Waals surface area (Å²) in [6.07, 6.45) is 4.56. The van der Waals surface area contributed by atoms with Gasteiger partial charge in [-0.05, 0) is 44.2 Å². The molecule has 1 saturated carbocycles. The summed E-state index contributed by atoms with van der Waals surface area (Å²) in [5, 5.41) is 20.5. The molecule has 1 aromatic carbocycles. The molecule has 3 atom stereocenters. The third kappa shape index (κ3) is 6.53. The van der Waals surface area contributed by atoms with E-state index < -0.39 is 17.7 Å². The molecule has 38 heavy (non-hydrogen) atoms. The minimum atomic E-state index is -1.00. The largest absolute Gasteiger partial charge is 0.472 e. The van der Waals surface area contributed by atoms with Crippen LogP contribution in [0.25, 0.3) is 0 Å². The number of benzene rings is 1. The second kappa shape index (κ2) is 12.0. The lowest BCUT2D eigenvalue weighted by Crippen LogP contribution is -2.50. The fraction of sp³-hybridized carbons (Fsp3) is 0.500. The van der Waals surface area contributed by atoms with E-state index in [1.54, 1.807) is 36.0 Å². The maximum atomic E-state index is 13.6. The SMILES string of the molecule is C[C@@H]1CN([C@@H](C)CO)C(=O)c2cc(C#CC3(O)CCCC3)cnc2O[C@H]1CN(C)C(=O)Cc1ccccc1. The van der Waals surface area contributed by atoms with Crippen LogP contribution >= 0.6 is 0 Å². The predicted octanol–water partition coefficient (Wildman–Crippen LogP) is 2.66. The molecule has 4 rings (SSSR count). The molecular formula is C30H37N3O5. The molecule has 1 aliphatic carbocycles. The van der Waals surface area contributed by atoms with Gasteiger partial charge in [0.2, 0.25) is 11.8 Å². The van der Waals surface area contributed by atoms with Crippen molar-refractivity contribution in [2.45, 2.75) is 63.7 Å². The summed E-state index contributed by atoms with van der Waals surface area (Å²) in [5.41, 5.74) is 0.704. The van der Waals surface area contributed by atoms with Crippen molar-refractivity contribution in [2.75, 3.05) is 26.7 Å². The molecule has 202 valence electrons. The van der Waals surface area contributed by atoms with Gasteiger partial charge in [-0.15, -0.1) is 0 Å². The molecule has 2 heterocycles. The minimum absolute atomic E-state index is 0.0330. The molecule has 0 saturated heterocycles. The van der Waals surface area contributed by atoms with E-state index in [-0.39, 0.29) is 42.2 Å². The lowest BCUT2D eigenvalue weighted by atomic mass is 9.99. The first kappa shape index (κ1) is 27.6. The van der Waals surface area contributed by atoms with Gasteiger partial charge < -0.3 is 24.7 Å². The van der Waals surface area contributed by atoms with Crippen LogP contribution in [-0.4, -0.2) is 81.3 Å². The fourth-order valence-electron chi connectivity index (χ4n) is 4.94. The van der Waals surface area contributed by atoms with Crippen molar-refractivity contribution in [1.82, 2.24) is 14.8 Å². The Kier molecular flexibility index (Phi) is 8.70. The molecule has 0 unspecified atom stereocenters. The van der Waals surface area contributed by atoms with E-state index in [1.807, 2.05) is 37.3 Å². The normalized spacial score (nSPS) is 21.3. The number of hydrogen-bond donors (Lipinski definition) is 2. The number of aliphatic hydroxyl groups excluding tert-OH is 1. The van der Waals surface area contributed by atoms with Gasteiger partial charge >= 0.3 is 0 Å². The molecule has 8 nitrogen and oxygen atoms in total. The first-order valence-corrected chi connectivity index (χ1v) is 13.3. The zero-order chi connectivity index (χ0) is 27.3. The Labute approximate surface area is 224 Å². The Morgan fingerprint density at radius 1 is 1.29 bits per heavy atom. The summed E-state index contributed by atoms with van der Waals surface area (Å²) in [6, 6.07) is 10.8. The molecule has 0 bridgehead atoms. The van der Waals surface area contributed by atoms with Crippen LogP contribution in [0.2, 0.25) is 0 Å². The molecule has 2 N–H and O–H groups in total. The number of aromatic nitrogens is 1. The third-order valence-corrected chi connectivity index (χ3v) is 7.47. The topological polar surface area (TPSA) is 103 Å². The number of carbonyl (C=O) groups is 2. The van der Waals surface area contributed by atoms with E-state index in [9.17, 15) is 19.8 Å². The highest BCUT2D eigenvalue weighted by Crippen LogP contribution is 2.30. The van der Waals surface area contributed by atoms with Gasteiger partial charge in [0.25, 0.3) is 5.91 Å². The van der Waals surface area contributed by atoms with Gasteiger partial charge in [-0.25, -0.2) is 4.98 Å². The molecule has 1 aliphatic heterocycles. The van der Waals surface area contributed by atoms with Crippen molar-refractivity contribution in [3.63, 3.8) is 0 Å². The van der Waals surface area contributed by atoms with E-state index in [2.05, 4.69) is 16.8 Å². The summed E-state index contributed by atoms with van der Waals surface area (Å²) in [6.45, 7) is 4.25. The average molecular weight is 520 g/mol. The number of hydrogen-bond acceptors (Lipinski definition) is 6. The van der Waals surface area contributed by atoms with E-state index in [1.165, 1.54) is 0 Å². The lowest BCUT2D eigenvalue weighted by Gasteiger charge is -2.37. The van der Waals surface area contributed by atoms with Crippen LogP contribution in [0.1, 0.15) is 61.0 Å². The summed E-state index contributed by atoms with van der Waals surface area (Å²) in [4.78, 5) is 34.2. The van der Waals surface area contributed by atoms with Crippen molar-refractivity contribution in [1.29, 1.82) is 0 Å². The smallest absolute Gasteiger partial charge is 0.259 e. The first-order valence-electron chi connectivity index (χ1n) is 13.3.